The van der Waals surface area contributed by atoms with Crippen molar-refractivity contribution < 1.29 is 4.43 Å². The molecule has 0 atom stereocenters. The van der Waals surface area contributed by atoms with Crippen LogP contribution in [0.3, 0.4) is 0 Å². The van der Waals surface area contributed by atoms with Crippen LogP contribution in [0.4, 0.5) is 0 Å². The van der Waals surface area contributed by atoms with Gasteiger partial charge in [0.2, 0.25) is 0 Å². The third-order valence-corrected chi connectivity index (χ3v) is 1.74. The lowest BCUT2D eigenvalue weighted by atomic mass is 10.3. The van der Waals surface area contributed by atoms with E-state index in [1.54, 1.807) is 7.11 Å². The first-order chi connectivity index (χ1) is 3.91. The summed E-state index contributed by atoms with van der Waals surface area (Å²) in [4.78, 5) is 0. The van der Waals surface area contributed by atoms with Gasteiger partial charge in [0.25, 0.3) is 0 Å². The third-order valence-electron chi connectivity index (χ3n) is 0.885. The van der Waals surface area contributed by atoms with Gasteiger partial charge in [0.05, 0.1) is 0 Å². The van der Waals surface area contributed by atoms with E-state index in [-0.39, 0.29) is 9.76 Å². The average molecular weight is 130 g/mol. The van der Waals surface area contributed by atoms with Gasteiger partial charge in [-0.05, 0) is 6.42 Å². The van der Waals surface area contributed by atoms with Crippen LogP contribution < -0.4 is 0 Å². The van der Waals surface area contributed by atoms with E-state index >= 15 is 0 Å². The molecule has 0 N–H and O–H groups in total. The Balaban J connectivity index is 2.83. The molecular weight excluding hydrogens is 116 g/mol. The fraction of sp³-hybridized carbons (Fsp3) is 0.667. The van der Waals surface area contributed by atoms with Crippen LogP contribution in [0.1, 0.15) is 19.8 Å². The van der Waals surface area contributed by atoms with Crippen LogP contribution in [0.2, 0.25) is 0 Å². The molecule has 0 rings (SSSR count). The number of rotatable bonds is 4. The van der Waals surface area contributed by atoms with Crippen molar-refractivity contribution in [2.75, 3.05) is 7.11 Å². The molecule has 0 unspecified atom stereocenters. The molecule has 48 valence electrons. The van der Waals surface area contributed by atoms with Crippen molar-refractivity contribution in [1.82, 2.24) is 0 Å². The molecular formula is C6H14OSi. The van der Waals surface area contributed by atoms with Gasteiger partial charge in [-0.1, -0.05) is 25.1 Å². The Hall–Kier alpha value is -0.0831. The molecule has 0 spiro atoms. The van der Waals surface area contributed by atoms with Crippen LogP contribution in [0.5, 0.6) is 0 Å². The summed E-state index contributed by atoms with van der Waals surface area (Å²) in [6.45, 7) is 2.18. The summed E-state index contributed by atoms with van der Waals surface area (Å²) in [6.07, 6.45) is 4.65. The highest BCUT2D eigenvalue weighted by Gasteiger charge is 1.72. The Bertz CT molecular complexity index is 53.5. The van der Waals surface area contributed by atoms with E-state index in [0.717, 1.165) is 0 Å². The highest BCUT2D eigenvalue weighted by atomic mass is 28.2. The first-order valence-corrected chi connectivity index (χ1v) is 4.45. The van der Waals surface area contributed by atoms with E-state index in [4.69, 9.17) is 4.43 Å². The van der Waals surface area contributed by atoms with Crippen molar-refractivity contribution >= 4 is 9.76 Å². The number of hydrogen-bond acceptors (Lipinski definition) is 1. The van der Waals surface area contributed by atoms with Crippen LogP contribution in [0.15, 0.2) is 11.8 Å². The minimum Gasteiger partial charge on any atom is -0.422 e. The minimum absolute atomic E-state index is 0.279. The number of allylic oxidation sites excluding steroid dienone is 1. The SMILES string of the molecule is CCCC=C[SiH2]OC. The van der Waals surface area contributed by atoms with E-state index in [1.807, 2.05) is 0 Å². The molecule has 0 bridgehead atoms. The van der Waals surface area contributed by atoms with E-state index in [0.29, 0.717) is 0 Å². The molecule has 0 aliphatic heterocycles. The lowest BCUT2D eigenvalue weighted by Gasteiger charge is -1.85. The summed E-state index contributed by atoms with van der Waals surface area (Å²) in [7, 11) is 1.49. The molecule has 0 aliphatic carbocycles. The van der Waals surface area contributed by atoms with Gasteiger partial charge in [-0.2, -0.15) is 0 Å². The lowest BCUT2D eigenvalue weighted by Crippen LogP contribution is -1.85. The smallest absolute Gasteiger partial charge is 0.184 e. The largest absolute Gasteiger partial charge is 0.422 e. The highest BCUT2D eigenvalue weighted by Crippen LogP contribution is 1.86. The van der Waals surface area contributed by atoms with Crippen molar-refractivity contribution in [3.8, 4) is 0 Å². The third kappa shape index (κ3) is 5.92. The first-order valence-electron chi connectivity index (χ1n) is 3.05. The summed E-state index contributed by atoms with van der Waals surface area (Å²) in [5.74, 6) is 0. The molecule has 0 aromatic rings. The monoisotopic (exact) mass is 130 g/mol. The Morgan fingerprint density at radius 1 is 1.62 bits per heavy atom. The lowest BCUT2D eigenvalue weighted by molar-refractivity contribution is 0.449. The Morgan fingerprint density at radius 3 is 2.88 bits per heavy atom. The highest BCUT2D eigenvalue weighted by molar-refractivity contribution is 6.34. The van der Waals surface area contributed by atoms with Gasteiger partial charge in [0.1, 0.15) is 0 Å². The first kappa shape index (κ1) is 7.92. The fourth-order valence-corrected chi connectivity index (χ4v) is 1.01. The Labute approximate surface area is 53.7 Å². The molecule has 0 saturated heterocycles. The van der Waals surface area contributed by atoms with Crippen molar-refractivity contribution in [3.05, 3.63) is 11.8 Å². The second-order valence-electron chi connectivity index (χ2n) is 1.72. The molecule has 0 aromatic heterocycles. The van der Waals surface area contributed by atoms with Gasteiger partial charge >= 0.3 is 0 Å². The maximum atomic E-state index is 4.94. The van der Waals surface area contributed by atoms with Crippen molar-refractivity contribution in [1.29, 1.82) is 0 Å². The topological polar surface area (TPSA) is 9.23 Å². The predicted molar refractivity (Wildman–Crippen MR) is 39.6 cm³/mol. The van der Waals surface area contributed by atoms with Crippen molar-refractivity contribution in [2.24, 2.45) is 0 Å². The van der Waals surface area contributed by atoms with Gasteiger partial charge in [0.15, 0.2) is 9.76 Å². The van der Waals surface area contributed by atoms with Crippen molar-refractivity contribution in [3.63, 3.8) is 0 Å². The molecule has 1 nitrogen and oxygen atoms in total. The zero-order valence-corrected chi connectivity index (χ0v) is 7.10. The van der Waals surface area contributed by atoms with Crippen molar-refractivity contribution in [2.45, 2.75) is 19.8 Å². The summed E-state index contributed by atoms with van der Waals surface area (Å²) in [6, 6.07) is 0. The van der Waals surface area contributed by atoms with Gasteiger partial charge in [0, 0.05) is 7.11 Å². The van der Waals surface area contributed by atoms with Gasteiger partial charge in [-0.15, -0.1) is 0 Å². The van der Waals surface area contributed by atoms with Crippen LogP contribution in [0.25, 0.3) is 0 Å². The molecule has 0 aromatic carbocycles. The molecule has 8 heavy (non-hydrogen) atoms. The molecule has 0 radical (unpaired) electrons. The Kier molecular flexibility index (Phi) is 6.85. The van der Waals surface area contributed by atoms with E-state index in [1.165, 1.54) is 12.8 Å². The fourth-order valence-electron chi connectivity index (χ4n) is 0.449. The second kappa shape index (κ2) is 6.92. The maximum Gasteiger partial charge on any atom is 0.184 e. The van der Waals surface area contributed by atoms with Crippen LogP contribution in [-0.2, 0) is 4.43 Å². The molecule has 0 amide bonds. The maximum absolute atomic E-state index is 4.94. The quantitative estimate of drug-likeness (QED) is 0.516. The molecule has 0 fully saturated rings. The normalized spacial score (nSPS) is 12.2. The van der Waals surface area contributed by atoms with E-state index in [2.05, 4.69) is 18.7 Å². The molecule has 2 heteroatoms. The van der Waals surface area contributed by atoms with Crippen LogP contribution in [0, 0.1) is 0 Å². The van der Waals surface area contributed by atoms with Crippen LogP contribution in [-0.4, -0.2) is 16.9 Å². The van der Waals surface area contributed by atoms with E-state index < -0.39 is 0 Å². The summed E-state index contributed by atoms with van der Waals surface area (Å²) >= 11 is 0. The van der Waals surface area contributed by atoms with Gasteiger partial charge in [-0.25, -0.2) is 0 Å². The average Bonchev–Trinajstić information content (AvgIpc) is 1.81. The summed E-state index contributed by atoms with van der Waals surface area (Å²) in [5.41, 5.74) is 2.18. The summed E-state index contributed by atoms with van der Waals surface area (Å²) < 4.78 is 4.94. The standard InChI is InChI=1S/C6H14OSi/c1-3-4-5-6-8-7-2/h5-6H,3-4,8H2,1-2H3. The molecule has 0 heterocycles. The number of unbranched alkanes of at least 4 members (excludes halogenated alkanes) is 1. The Morgan fingerprint density at radius 2 is 2.38 bits per heavy atom. The minimum atomic E-state index is -0.279. The number of hydrogen-bond donors (Lipinski definition) is 0. The second-order valence-corrected chi connectivity index (χ2v) is 3.10. The van der Waals surface area contributed by atoms with Crippen LogP contribution >= 0.6 is 0 Å². The summed E-state index contributed by atoms with van der Waals surface area (Å²) in [5, 5.41) is 0. The predicted octanol–water partition coefficient (Wildman–Crippen LogP) is 1.03. The van der Waals surface area contributed by atoms with Gasteiger partial charge < -0.3 is 4.43 Å². The zero-order valence-electron chi connectivity index (χ0n) is 5.68. The molecule has 0 saturated carbocycles. The molecule has 0 aliphatic rings. The van der Waals surface area contributed by atoms with E-state index in [9.17, 15) is 0 Å². The zero-order chi connectivity index (χ0) is 6.24. The van der Waals surface area contributed by atoms with Gasteiger partial charge in [-0.3, -0.25) is 0 Å².